The predicted molar refractivity (Wildman–Crippen MR) is 98.5 cm³/mol. The van der Waals surface area contributed by atoms with Crippen LogP contribution >= 0.6 is 0 Å². The van der Waals surface area contributed by atoms with Gasteiger partial charge in [0.1, 0.15) is 0 Å². The minimum absolute atomic E-state index is 0. The number of methoxy groups -OCH3 is 1. The molecule has 1 atom stereocenters. The van der Waals surface area contributed by atoms with Gasteiger partial charge in [-0.3, -0.25) is 0 Å². The zero-order chi connectivity index (χ0) is 18.1. The highest BCUT2D eigenvalue weighted by atomic mass is 35.5. The Kier molecular flexibility index (Phi) is 9.35. The van der Waals surface area contributed by atoms with E-state index in [-0.39, 0.29) is 18.4 Å². The number of carbonyl (C=O) groups excluding carboxylic acids is 1. The average Bonchev–Trinajstić information content (AvgIpc) is 2.67. The molecule has 0 radical (unpaired) electrons. The molecule has 1 unspecified atom stereocenters. The third kappa shape index (κ3) is 5.07. The van der Waals surface area contributed by atoms with Crippen LogP contribution in [0, 0.1) is 0 Å². The second kappa shape index (κ2) is 11.0. The van der Waals surface area contributed by atoms with Crippen LogP contribution in [0.1, 0.15) is 24.5 Å². The Balaban J connectivity index is 0.00000338. The summed E-state index contributed by atoms with van der Waals surface area (Å²) in [5.41, 5.74) is 0.293. The van der Waals surface area contributed by atoms with Crippen LogP contribution in [0.4, 0.5) is 0 Å². The van der Waals surface area contributed by atoms with Gasteiger partial charge in [-0.1, -0.05) is 60.7 Å². The van der Waals surface area contributed by atoms with E-state index in [9.17, 15) is 4.79 Å². The first-order valence-corrected chi connectivity index (χ1v) is 8.79. The maximum absolute atomic E-state index is 13.1. The summed E-state index contributed by atoms with van der Waals surface area (Å²) in [6.45, 7) is 4.56. The molecule has 2 rings (SSSR count). The molecule has 0 heterocycles. The van der Waals surface area contributed by atoms with E-state index >= 15 is 0 Å². The number of hydrogen-bond donors (Lipinski definition) is 1. The normalized spacial score (nSPS) is 12.1. The standard InChI is InChI=1S/C21H27NO3.ClH/c1-4-22(2)16-11-17-25-20(23)21(24-3,18-12-7-5-8-13-18)19-14-9-6-10-15-19;/h5-10,12-15H,4,11,16-17H2,1-3H3;1H. The van der Waals surface area contributed by atoms with Crippen LogP contribution < -0.4 is 17.3 Å². The first-order valence-electron chi connectivity index (χ1n) is 8.79. The smallest absolute Gasteiger partial charge is 0.347 e. The van der Waals surface area contributed by atoms with Gasteiger partial charge in [0, 0.05) is 13.5 Å². The molecule has 5 heteroatoms. The van der Waals surface area contributed by atoms with Crippen LogP contribution in [-0.4, -0.2) is 39.8 Å². The van der Waals surface area contributed by atoms with E-state index < -0.39 is 5.60 Å². The van der Waals surface area contributed by atoms with Crippen molar-refractivity contribution in [3.63, 3.8) is 0 Å². The van der Waals surface area contributed by atoms with Gasteiger partial charge in [0.25, 0.3) is 0 Å². The number of quaternary nitrogens is 1. The minimum Gasteiger partial charge on any atom is -1.00 e. The summed E-state index contributed by atoms with van der Waals surface area (Å²) in [5.74, 6) is -0.374. The lowest BCUT2D eigenvalue weighted by Gasteiger charge is -2.31. The van der Waals surface area contributed by atoms with Crippen molar-refractivity contribution in [1.82, 2.24) is 0 Å². The second-order valence-corrected chi connectivity index (χ2v) is 6.17. The second-order valence-electron chi connectivity index (χ2n) is 6.17. The van der Waals surface area contributed by atoms with Gasteiger partial charge in [0.05, 0.1) is 26.7 Å². The number of benzene rings is 2. The molecule has 1 N–H and O–H groups in total. The Morgan fingerprint density at radius 2 is 1.50 bits per heavy atom. The van der Waals surface area contributed by atoms with Crippen molar-refractivity contribution in [2.75, 3.05) is 33.9 Å². The lowest BCUT2D eigenvalue weighted by molar-refractivity contribution is -0.877. The number of rotatable bonds is 9. The number of hydrogen-bond acceptors (Lipinski definition) is 3. The summed E-state index contributed by atoms with van der Waals surface area (Å²) in [4.78, 5) is 14.5. The number of carbonyl (C=O) groups is 1. The number of ether oxygens (including phenoxy) is 2. The molecule has 26 heavy (non-hydrogen) atoms. The Bertz CT molecular complexity index is 609. The molecule has 4 nitrogen and oxygen atoms in total. The number of nitrogens with one attached hydrogen (secondary N) is 1. The molecule has 0 aliphatic carbocycles. The third-order valence-corrected chi connectivity index (χ3v) is 4.54. The fourth-order valence-corrected chi connectivity index (χ4v) is 2.88. The van der Waals surface area contributed by atoms with Crippen molar-refractivity contribution in [3.8, 4) is 0 Å². The van der Waals surface area contributed by atoms with E-state index in [2.05, 4.69) is 14.0 Å². The maximum Gasteiger partial charge on any atom is 0.347 e. The molecule has 142 valence electrons. The van der Waals surface area contributed by atoms with Crippen LogP contribution in [0.15, 0.2) is 60.7 Å². The number of esters is 1. The summed E-state index contributed by atoms with van der Waals surface area (Å²) >= 11 is 0. The molecular weight excluding hydrogens is 350 g/mol. The van der Waals surface area contributed by atoms with Gasteiger partial charge in [0.2, 0.25) is 5.60 Å². The molecule has 0 saturated carbocycles. The van der Waals surface area contributed by atoms with Gasteiger partial charge in [-0.2, -0.15) is 0 Å². The van der Waals surface area contributed by atoms with Crippen molar-refractivity contribution < 1.29 is 31.6 Å². The zero-order valence-electron chi connectivity index (χ0n) is 15.7. The molecule has 2 aromatic rings. The Hall–Kier alpha value is -1.88. The summed E-state index contributed by atoms with van der Waals surface area (Å²) < 4.78 is 11.4. The lowest BCUT2D eigenvalue weighted by atomic mass is 9.86. The maximum atomic E-state index is 13.1. The first kappa shape index (κ1) is 22.2. The highest BCUT2D eigenvalue weighted by Crippen LogP contribution is 2.34. The van der Waals surface area contributed by atoms with E-state index in [1.54, 1.807) is 7.11 Å². The van der Waals surface area contributed by atoms with Crippen molar-refractivity contribution >= 4 is 5.97 Å². The molecule has 0 spiro atoms. The van der Waals surface area contributed by atoms with Crippen LogP contribution in [0.5, 0.6) is 0 Å². The summed E-state index contributed by atoms with van der Waals surface area (Å²) in [7, 11) is 3.69. The molecule has 0 amide bonds. The van der Waals surface area contributed by atoms with Crippen LogP contribution in [0.2, 0.25) is 0 Å². The molecule has 0 fully saturated rings. The number of halogens is 1. The molecule has 0 aliphatic rings. The SMILES string of the molecule is CC[NH+](C)CCCOC(=O)C(OC)(c1ccccc1)c1ccccc1.[Cl-]. The molecule has 0 saturated heterocycles. The molecule has 0 bridgehead atoms. The van der Waals surface area contributed by atoms with Gasteiger partial charge in [-0.05, 0) is 18.1 Å². The summed E-state index contributed by atoms with van der Waals surface area (Å²) in [6.07, 6.45) is 0.828. The van der Waals surface area contributed by atoms with Crippen molar-refractivity contribution in [2.45, 2.75) is 18.9 Å². The fraction of sp³-hybridized carbons (Fsp3) is 0.381. The van der Waals surface area contributed by atoms with Gasteiger partial charge in [-0.25, -0.2) is 4.79 Å². The average molecular weight is 378 g/mol. The van der Waals surface area contributed by atoms with Gasteiger partial charge < -0.3 is 26.8 Å². The largest absolute Gasteiger partial charge is 1.00 e. The van der Waals surface area contributed by atoms with Crippen LogP contribution in [-0.2, 0) is 19.9 Å². The Labute approximate surface area is 162 Å². The van der Waals surface area contributed by atoms with Crippen LogP contribution in [0.3, 0.4) is 0 Å². The minimum atomic E-state index is -1.24. The first-order chi connectivity index (χ1) is 12.1. The highest BCUT2D eigenvalue weighted by molar-refractivity contribution is 5.85. The van der Waals surface area contributed by atoms with Crippen LogP contribution in [0.25, 0.3) is 0 Å². The third-order valence-electron chi connectivity index (χ3n) is 4.54. The summed E-state index contributed by atoms with van der Waals surface area (Å²) in [5, 5.41) is 0. The van der Waals surface area contributed by atoms with Gasteiger partial charge in [-0.15, -0.1) is 0 Å². The zero-order valence-corrected chi connectivity index (χ0v) is 16.5. The van der Waals surface area contributed by atoms with Crippen molar-refractivity contribution in [3.05, 3.63) is 71.8 Å². The van der Waals surface area contributed by atoms with E-state index in [1.807, 2.05) is 60.7 Å². The molecule has 0 aromatic heterocycles. The fourth-order valence-electron chi connectivity index (χ4n) is 2.88. The van der Waals surface area contributed by atoms with E-state index in [0.717, 1.165) is 30.6 Å². The van der Waals surface area contributed by atoms with E-state index in [1.165, 1.54) is 4.90 Å². The van der Waals surface area contributed by atoms with Crippen molar-refractivity contribution in [2.24, 2.45) is 0 Å². The Morgan fingerprint density at radius 1 is 1.00 bits per heavy atom. The Morgan fingerprint density at radius 3 is 1.92 bits per heavy atom. The highest BCUT2D eigenvalue weighted by Gasteiger charge is 2.44. The topological polar surface area (TPSA) is 40.0 Å². The van der Waals surface area contributed by atoms with E-state index in [0.29, 0.717) is 6.61 Å². The monoisotopic (exact) mass is 377 g/mol. The summed E-state index contributed by atoms with van der Waals surface area (Å²) in [6, 6.07) is 19.0. The molecule has 2 aromatic carbocycles. The quantitative estimate of drug-likeness (QED) is 0.452. The van der Waals surface area contributed by atoms with E-state index in [4.69, 9.17) is 9.47 Å². The van der Waals surface area contributed by atoms with Crippen molar-refractivity contribution in [1.29, 1.82) is 0 Å². The molecule has 0 aliphatic heterocycles. The predicted octanol–water partition coefficient (Wildman–Crippen LogP) is -0.951. The molecular formula is C21H28ClNO3. The lowest BCUT2D eigenvalue weighted by Crippen LogP contribution is -3.08. The van der Waals surface area contributed by atoms with Gasteiger partial charge >= 0.3 is 5.97 Å². The van der Waals surface area contributed by atoms with Gasteiger partial charge in [0.15, 0.2) is 0 Å².